The van der Waals surface area contributed by atoms with Gasteiger partial charge in [-0.15, -0.1) is 0 Å². The van der Waals surface area contributed by atoms with Crippen molar-refractivity contribution in [1.82, 2.24) is 20.2 Å². The van der Waals surface area contributed by atoms with Gasteiger partial charge in [-0.2, -0.15) is 0 Å². The molecule has 2 aliphatic heterocycles. The van der Waals surface area contributed by atoms with E-state index in [1.54, 1.807) is 6.07 Å². The van der Waals surface area contributed by atoms with E-state index in [0.717, 1.165) is 24.2 Å². The van der Waals surface area contributed by atoms with Crippen LogP contribution in [0, 0.1) is 5.82 Å². The summed E-state index contributed by atoms with van der Waals surface area (Å²) in [5, 5.41) is 12.6. The molecule has 0 saturated carbocycles. The predicted octanol–water partition coefficient (Wildman–Crippen LogP) is 1.13. The van der Waals surface area contributed by atoms with E-state index in [0.29, 0.717) is 31.6 Å². The number of β-amino-alcohol motifs (C(OH)–C–C–N with tert-alkyl or cyclic N) is 1. The molecule has 1 aromatic heterocycles. The third kappa shape index (κ3) is 2.89. The molecule has 1 amide bonds. The van der Waals surface area contributed by atoms with Gasteiger partial charge >= 0.3 is 0 Å². The minimum Gasteiger partial charge on any atom is -0.392 e. The lowest BCUT2D eigenvalue weighted by molar-refractivity contribution is -0.134. The molecule has 2 aromatic rings. The lowest BCUT2D eigenvalue weighted by atomic mass is 9.95. The molecule has 3 heterocycles. The van der Waals surface area contributed by atoms with E-state index < -0.39 is 6.10 Å². The van der Waals surface area contributed by atoms with Crippen molar-refractivity contribution in [2.45, 2.75) is 37.3 Å². The maximum atomic E-state index is 13.3. The minimum atomic E-state index is -0.424. The van der Waals surface area contributed by atoms with Gasteiger partial charge in [-0.1, -0.05) is 0 Å². The molecule has 7 heteroatoms. The lowest BCUT2D eigenvalue weighted by Crippen LogP contribution is -2.46. The standard InChI is InChI=1S/C17H21FN4O2/c18-11-1-2-13-14(7-11)21-16(20-13)10-3-5-22(6-4-10)17(24)15-8-12(23)9-19-15/h1-2,7,10,12,15,19,23H,3-6,8-9H2,(H,20,21)/t12-,15+/m1/s1. The van der Waals surface area contributed by atoms with Crippen molar-refractivity contribution in [2.75, 3.05) is 19.6 Å². The monoisotopic (exact) mass is 332 g/mol. The number of hydrogen-bond donors (Lipinski definition) is 3. The molecule has 6 nitrogen and oxygen atoms in total. The van der Waals surface area contributed by atoms with Gasteiger partial charge in [0.25, 0.3) is 0 Å². The SMILES string of the molecule is O=C([C@@H]1C[C@@H](O)CN1)N1CCC(c2nc3ccc(F)cc3[nH]2)CC1. The third-order valence-corrected chi connectivity index (χ3v) is 5.06. The summed E-state index contributed by atoms with van der Waals surface area (Å²) in [6.45, 7) is 1.86. The summed E-state index contributed by atoms with van der Waals surface area (Å²) < 4.78 is 13.3. The Morgan fingerprint density at radius 3 is 2.83 bits per heavy atom. The van der Waals surface area contributed by atoms with Crippen LogP contribution in [0.15, 0.2) is 18.2 Å². The molecule has 2 aliphatic rings. The van der Waals surface area contributed by atoms with Crippen molar-refractivity contribution in [3.8, 4) is 0 Å². The Labute approximate surface area is 139 Å². The number of aliphatic hydroxyl groups is 1. The number of imidazole rings is 1. The van der Waals surface area contributed by atoms with E-state index in [9.17, 15) is 14.3 Å². The summed E-state index contributed by atoms with van der Waals surface area (Å²) in [4.78, 5) is 22.1. The van der Waals surface area contributed by atoms with Gasteiger partial charge in [0.2, 0.25) is 5.91 Å². The van der Waals surface area contributed by atoms with Gasteiger partial charge in [-0.05, 0) is 37.5 Å². The fourth-order valence-corrected chi connectivity index (χ4v) is 3.69. The maximum absolute atomic E-state index is 13.3. The van der Waals surface area contributed by atoms with E-state index in [-0.39, 0.29) is 23.7 Å². The zero-order valence-electron chi connectivity index (χ0n) is 13.3. The van der Waals surface area contributed by atoms with Crippen molar-refractivity contribution in [3.63, 3.8) is 0 Å². The lowest BCUT2D eigenvalue weighted by Gasteiger charge is -2.32. The van der Waals surface area contributed by atoms with Crippen molar-refractivity contribution in [3.05, 3.63) is 29.8 Å². The molecule has 128 valence electrons. The van der Waals surface area contributed by atoms with Gasteiger partial charge in [-0.3, -0.25) is 4.79 Å². The molecule has 0 spiro atoms. The Hall–Kier alpha value is -1.99. The molecule has 0 aliphatic carbocycles. The number of H-pyrrole nitrogens is 1. The Bertz CT molecular complexity index is 754. The number of fused-ring (bicyclic) bond motifs is 1. The first-order valence-corrected chi connectivity index (χ1v) is 8.45. The number of piperidine rings is 1. The number of aromatic nitrogens is 2. The van der Waals surface area contributed by atoms with Crippen LogP contribution in [0.25, 0.3) is 11.0 Å². The molecule has 2 saturated heterocycles. The van der Waals surface area contributed by atoms with Crippen molar-refractivity contribution >= 4 is 16.9 Å². The van der Waals surface area contributed by atoms with Crippen LogP contribution >= 0.6 is 0 Å². The van der Waals surface area contributed by atoms with E-state index in [1.165, 1.54) is 12.1 Å². The first-order valence-electron chi connectivity index (χ1n) is 8.45. The number of aromatic amines is 1. The normalized spacial score (nSPS) is 25.5. The Kier molecular flexibility index (Phi) is 3.97. The largest absolute Gasteiger partial charge is 0.392 e. The highest BCUT2D eigenvalue weighted by atomic mass is 19.1. The molecule has 4 rings (SSSR count). The molecule has 0 bridgehead atoms. The zero-order chi connectivity index (χ0) is 16.7. The highest BCUT2D eigenvalue weighted by molar-refractivity contribution is 5.82. The number of rotatable bonds is 2. The van der Waals surface area contributed by atoms with Crippen LogP contribution in [-0.2, 0) is 4.79 Å². The molecule has 1 aromatic carbocycles. The first-order chi connectivity index (χ1) is 11.6. The van der Waals surface area contributed by atoms with Crippen LogP contribution in [0.2, 0.25) is 0 Å². The minimum absolute atomic E-state index is 0.0803. The number of halogens is 1. The number of amides is 1. The average Bonchev–Trinajstić information content (AvgIpc) is 3.20. The van der Waals surface area contributed by atoms with E-state index in [1.807, 2.05) is 4.90 Å². The highest BCUT2D eigenvalue weighted by Gasteiger charge is 2.33. The smallest absolute Gasteiger partial charge is 0.239 e. The summed E-state index contributed by atoms with van der Waals surface area (Å²) in [6, 6.07) is 4.30. The molecule has 2 fully saturated rings. The van der Waals surface area contributed by atoms with Crippen LogP contribution in [0.4, 0.5) is 4.39 Å². The van der Waals surface area contributed by atoms with Gasteiger partial charge in [0.15, 0.2) is 0 Å². The molecular weight excluding hydrogens is 311 g/mol. The number of carbonyl (C=O) groups is 1. The van der Waals surface area contributed by atoms with Gasteiger partial charge in [0, 0.05) is 25.6 Å². The second-order valence-corrected chi connectivity index (χ2v) is 6.73. The Balaban J connectivity index is 1.40. The summed E-state index contributed by atoms with van der Waals surface area (Å²) in [5.74, 6) is 0.935. The second kappa shape index (κ2) is 6.14. The fraction of sp³-hybridized carbons (Fsp3) is 0.529. The van der Waals surface area contributed by atoms with Gasteiger partial charge in [0.1, 0.15) is 11.6 Å². The fourth-order valence-electron chi connectivity index (χ4n) is 3.69. The van der Waals surface area contributed by atoms with Gasteiger partial charge in [-0.25, -0.2) is 9.37 Å². The van der Waals surface area contributed by atoms with E-state index in [2.05, 4.69) is 15.3 Å². The maximum Gasteiger partial charge on any atom is 0.239 e. The second-order valence-electron chi connectivity index (χ2n) is 6.73. The van der Waals surface area contributed by atoms with Crippen molar-refractivity contribution < 1.29 is 14.3 Å². The predicted molar refractivity (Wildman–Crippen MR) is 87.0 cm³/mol. The number of benzene rings is 1. The zero-order valence-corrected chi connectivity index (χ0v) is 13.3. The van der Waals surface area contributed by atoms with Crippen LogP contribution < -0.4 is 5.32 Å². The average molecular weight is 332 g/mol. The van der Waals surface area contributed by atoms with Gasteiger partial charge in [0.05, 0.1) is 23.2 Å². The summed E-state index contributed by atoms with van der Waals surface area (Å²) in [5.41, 5.74) is 1.49. The third-order valence-electron chi connectivity index (χ3n) is 5.06. The van der Waals surface area contributed by atoms with Crippen LogP contribution in [0.5, 0.6) is 0 Å². The Morgan fingerprint density at radius 2 is 2.12 bits per heavy atom. The number of nitrogens with one attached hydrogen (secondary N) is 2. The van der Waals surface area contributed by atoms with Gasteiger partial charge < -0.3 is 20.3 Å². The number of hydrogen-bond acceptors (Lipinski definition) is 4. The molecule has 0 radical (unpaired) electrons. The number of aliphatic hydroxyl groups excluding tert-OH is 1. The van der Waals surface area contributed by atoms with E-state index >= 15 is 0 Å². The van der Waals surface area contributed by atoms with Crippen molar-refractivity contribution in [2.24, 2.45) is 0 Å². The molecular formula is C17H21FN4O2. The number of likely N-dealkylation sites (tertiary alicyclic amines) is 1. The van der Waals surface area contributed by atoms with Crippen LogP contribution in [-0.4, -0.2) is 57.7 Å². The highest BCUT2D eigenvalue weighted by Crippen LogP contribution is 2.28. The van der Waals surface area contributed by atoms with Crippen LogP contribution in [0.3, 0.4) is 0 Å². The number of nitrogens with zero attached hydrogens (tertiary/aromatic N) is 2. The summed E-state index contributed by atoms with van der Waals surface area (Å²) in [7, 11) is 0. The van der Waals surface area contributed by atoms with E-state index in [4.69, 9.17) is 0 Å². The summed E-state index contributed by atoms with van der Waals surface area (Å²) in [6.07, 6.45) is 1.74. The molecule has 24 heavy (non-hydrogen) atoms. The van der Waals surface area contributed by atoms with Crippen LogP contribution in [0.1, 0.15) is 31.0 Å². The summed E-state index contributed by atoms with van der Waals surface area (Å²) >= 11 is 0. The Morgan fingerprint density at radius 1 is 1.33 bits per heavy atom. The molecule has 3 N–H and O–H groups in total. The first kappa shape index (κ1) is 15.5. The number of carbonyl (C=O) groups excluding carboxylic acids is 1. The topological polar surface area (TPSA) is 81.2 Å². The molecule has 2 atom stereocenters. The quantitative estimate of drug-likeness (QED) is 0.770. The van der Waals surface area contributed by atoms with Crippen molar-refractivity contribution in [1.29, 1.82) is 0 Å². The molecule has 0 unspecified atom stereocenters.